The number of nitrogens with one attached hydrogen (secondary N) is 2. The highest BCUT2D eigenvalue weighted by Gasteiger charge is 2.30. The van der Waals surface area contributed by atoms with Crippen molar-refractivity contribution in [3.8, 4) is 0 Å². The number of hydrogen-bond donors (Lipinski definition) is 2. The molecule has 0 amide bonds. The molecule has 1 aliphatic heterocycles. The average molecular weight is 513 g/mol. The Kier molecular flexibility index (Phi) is 13.4. The lowest BCUT2D eigenvalue weighted by molar-refractivity contribution is 0.327. The predicted molar refractivity (Wildman–Crippen MR) is 152 cm³/mol. The van der Waals surface area contributed by atoms with Crippen molar-refractivity contribution in [1.82, 2.24) is 29.5 Å². The van der Waals surface area contributed by atoms with Gasteiger partial charge in [-0.25, -0.2) is 0 Å². The van der Waals surface area contributed by atoms with Gasteiger partial charge < -0.3 is 15.4 Å². The summed E-state index contributed by atoms with van der Waals surface area (Å²) in [5, 5.41) is 18.8. The summed E-state index contributed by atoms with van der Waals surface area (Å²) in [5.74, 6) is 0.697. The van der Waals surface area contributed by atoms with E-state index in [1.54, 1.807) is 19.3 Å². The van der Waals surface area contributed by atoms with Gasteiger partial charge in [-0.1, -0.05) is 58.8 Å². The number of halogens is 1. The zero-order valence-corrected chi connectivity index (χ0v) is 23.1. The van der Waals surface area contributed by atoms with Gasteiger partial charge in [0.25, 0.3) is 0 Å². The van der Waals surface area contributed by atoms with Crippen molar-refractivity contribution in [2.75, 3.05) is 19.4 Å². The highest BCUT2D eigenvalue weighted by molar-refractivity contribution is 7.92. The quantitative estimate of drug-likeness (QED) is 0.223. The third-order valence-corrected chi connectivity index (χ3v) is 6.47. The fourth-order valence-electron chi connectivity index (χ4n) is 4.00. The second kappa shape index (κ2) is 16.2. The van der Waals surface area contributed by atoms with Crippen LogP contribution in [0.2, 0.25) is 6.32 Å². The van der Waals surface area contributed by atoms with Crippen molar-refractivity contribution >= 4 is 31.1 Å². The lowest BCUT2D eigenvalue weighted by atomic mass is 9.72. The molecular weight excluding hydrogens is 472 g/mol. The number of nitrogens with zero attached hydrogens (tertiary/aromatic N) is 5. The van der Waals surface area contributed by atoms with E-state index < -0.39 is 0 Å². The van der Waals surface area contributed by atoms with Crippen molar-refractivity contribution in [2.24, 2.45) is 0 Å². The molecule has 10 heteroatoms. The summed E-state index contributed by atoms with van der Waals surface area (Å²) in [4.78, 5) is 2.03. The SMILES string of the molecule is C=C/C=C\N(C)C1CC=C(c2ccc(NC)nn2)c2cnn(SF)c21.CC.CCCCC[C@H]1C[B]N1. The Morgan fingerprint density at radius 2 is 2.11 bits per heavy atom. The van der Waals surface area contributed by atoms with Crippen LogP contribution in [0.3, 0.4) is 0 Å². The van der Waals surface area contributed by atoms with Crippen LogP contribution in [0.4, 0.5) is 9.70 Å². The van der Waals surface area contributed by atoms with Crippen molar-refractivity contribution < 1.29 is 3.89 Å². The molecule has 36 heavy (non-hydrogen) atoms. The molecule has 1 aliphatic carbocycles. The van der Waals surface area contributed by atoms with Crippen molar-refractivity contribution in [3.05, 3.63) is 66.3 Å². The van der Waals surface area contributed by atoms with Crippen LogP contribution in [-0.4, -0.2) is 51.8 Å². The lowest BCUT2D eigenvalue weighted by Crippen LogP contribution is -2.44. The molecule has 0 aromatic carbocycles. The molecule has 2 N–H and O–H groups in total. The van der Waals surface area contributed by atoms with E-state index in [0.29, 0.717) is 12.2 Å². The van der Waals surface area contributed by atoms with E-state index in [2.05, 4.69) is 52.8 Å². The van der Waals surface area contributed by atoms with Crippen LogP contribution in [0, 0.1) is 0 Å². The number of anilines is 1. The monoisotopic (exact) mass is 512 g/mol. The molecule has 4 rings (SSSR count). The summed E-state index contributed by atoms with van der Waals surface area (Å²) in [6.07, 6.45) is 16.8. The molecule has 0 bridgehead atoms. The number of allylic oxidation sites excluding steroid dienone is 2. The summed E-state index contributed by atoms with van der Waals surface area (Å²) in [6, 6.07) is 4.57. The Hall–Kier alpha value is -2.59. The maximum Gasteiger partial charge on any atom is 0.207 e. The van der Waals surface area contributed by atoms with Crippen LogP contribution < -0.4 is 10.5 Å². The third kappa shape index (κ3) is 7.96. The van der Waals surface area contributed by atoms with E-state index in [4.69, 9.17) is 0 Å². The Morgan fingerprint density at radius 1 is 1.33 bits per heavy atom. The van der Waals surface area contributed by atoms with Crippen LogP contribution in [0.5, 0.6) is 0 Å². The molecule has 0 spiro atoms. The Bertz CT molecular complexity index is 973. The maximum atomic E-state index is 13.4. The third-order valence-electron chi connectivity index (χ3n) is 6.05. The zero-order valence-electron chi connectivity index (χ0n) is 22.2. The standard InChI is InChI=1S/C17H19FN6S.C7H15BN.C2H6/c1-4-5-10-23(3)15-8-6-12(13-11-20-24(25-18)17(13)15)14-7-9-16(19-2)22-21-14;1-2-3-4-5-7-6-8-9-7;1-2/h4-7,9-11,15H,1,8H2,2-3H3,(H,19,22);7,9H,2-6H2,1H3;1-2H3/b10-5-;;/t;7-;/m.0./s1. The minimum Gasteiger partial charge on any atom is -0.372 e. The number of rotatable bonds is 10. The van der Waals surface area contributed by atoms with Gasteiger partial charge in [0.05, 0.1) is 23.6 Å². The normalized spacial score (nSPS) is 17.8. The molecule has 1 fully saturated rings. The molecule has 2 aromatic heterocycles. The molecule has 7 nitrogen and oxygen atoms in total. The Labute approximate surface area is 221 Å². The smallest absolute Gasteiger partial charge is 0.207 e. The molecule has 1 unspecified atom stereocenters. The topological polar surface area (TPSA) is 70.9 Å². The minimum atomic E-state index is -0.0229. The summed E-state index contributed by atoms with van der Waals surface area (Å²) < 4.78 is 14.7. The molecule has 195 valence electrons. The molecule has 2 aliphatic rings. The van der Waals surface area contributed by atoms with E-state index in [-0.39, 0.29) is 18.4 Å². The molecule has 1 saturated heterocycles. The van der Waals surface area contributed by atoms with E-state index >= 15 is 0 Å². The largest absolute Gasteiger partial charge is 0.372 e. The Balaban J connectivity index is 0.000000347. The van der Waals surface area contributed by atoms with Gasteiger partial charge in [0, 0.05) is 25.2 Å². The molecule has 2 aromatic rings. The lowest BCUT2D eigenvalue weighted by Gasteiger charge is -2.30. The van der Waals surface area contributed by atoms with Crippen molar-refractivity contribution in [2.45, 2.75) is 71.3 Å². The fraction of sp³-hybridized carbons (Fsp3) is 0.500. The first-order chi connectivity index (χ1) is 17.6. The van der Waals surface area contributed by atoms with E-state index in [9.17, 15) is 3.89 Å². The van der Waals surface area contributed by atoms with Crippen LogP contribution in [0.25, 0.3) is 5.57 Å². The van der Waals surface area contributed by atoms with Gasteiger partial charge in [-0.2, -0.15) is 9.19 Å². The van der Waals surface area contributed by atoms with Gasteiger partial charge in [0.2, 0.25) is 7.41 Å². The first-order valence-corrected chi connectivity index (χ1v) is 13.5. The van der Waals surface area contributed by atoms with E-state index in [1.807, 2.05) is 50.2 Å². The molecule has 0 saturated carbocycles. The zero-order chi connectivity index (χ0) is 26.3. The molecule has 1 radical (unpaired) electrons. The van der Waals surface area contributed by atoms with Gasteiger partial charge in [-0.3, -0.25) is 0 Å². The van der Waals surface area contributed by atoms with Crippen LogP contribution in [0.15, 0.2) is 49.3 Å². The Morgan fingerprint density at radius 3 is 2.67 bits per heavy atom. The highest BCUT2D eigenvalue weighted by atomic mass is 32.2. The minimum absolute atomic E-state index is 0.0229. The van der Waals surface area contributed by atoms with Crippen LogP contribution in [-0.2, 0) is 0 Å². The summed E-state index contributed by atoms with van der Waals surface area (Å²) in [7, 11) is 5.90. The van der Waals surface area contributed by atoms with Crippen LogP contribution in [0.1, 0.15) is 75.9 Å². The molecule has 3 heterocycles. The number of hydrogen-bond acceptors (Lipinski definition) is 7. The fourth-order valence-corrected chi connectivity index (χ4v) is 4.38. The molecular formula is C26H40BFN7S. The molecule has 2 atom stereocenters. The predicted octanol–water partition coefficient (Wildman–Crippen LogP) is 6.21. The average Bonchev–Trinajstić information content (AvgIpc) is 3.34. The highest BCUT2D eigenvalue weighted by Crippen LogP contribution is 2.40. The van der Waals surface area contributed by atoms with E-state index in [1.165, 1.54) is 36.1 Å². The second-order valence-corrected chi connectivity index (χ2v) is 8.83. The van der Waals surface area contributed by atoms with E-state index in [0.717, 1.165) is 28.6 Å². The van der Waals surface area contributed by atoms with Crippen molar-refractivity contribution in [3.63, 3.8) is 0 Å². The van der Waals surface area contributed by atoms with Gasteiger partial charge in [-0.15, -0.1) is 14.1 Å². The van der Waals surface area contributed by atoms with Crippen molar-refractivity contribution in [1.29, 1.82) is 0 Å². The summed E-state index contributed by atoms with van der Waals surface area (Å²) >= 11 is 0.0998. The summed E-state index contributed by atoms with van der Waals surface area (Å²) in [5.41, 5.74) is 3.33. The number of aromatic nitrogens is 4. The van der Waals surface area contributed by atoms with Gasteiger partial charge in [0.15, 0.2) is 12.3 Å². The number of unbranched alkanes of at least 4 members (excludes halogenated alkanes) is 2. The second-order valence-electron chi connectivity index (χ2n) is 8.35. The first kappa shape index (κ1) is 29.6. The van der Waals surface area contributed by atoms with Gasteiger partial charge in [0.1, 0.15) is 5.82 Å². The van der Waals surface area contributed by atoms with Crippen LogP contribution >= 0.6 is 12.3 Å². The number of fused-ring (bicyclic) bond motifs is 1. The van der Waals surface area contributed by atoms with Gasteiger partial charge in [-0.05, 0) is 49.6 Å². The maximum absolute atomic E-state index is 13.4. The first-order valence-electron chi connectivity index (χ1n) is 12.8. The van der Waals surface area contributed by atoms with Gasteiger partial charge >= 0.3 is 0 Å². The summed E-state index contributed by atoms with van der Waals surface area (Å²) in [6.45, 7) is 9.93.